The van der Waals surface area contributed by atoms with E-state index in [4.69, 9.17) is 9.47 Å². The number of thiazole rings is 2. The molecule has 0 fully saturated rings. The number of carbonyl (C=O) groups is 4. The van der Waals surface area contributed by atoms with Crippen molar-refractivity contribution >= 4 is 79.7 Å². The molecule has 0 unspecified atom stereocenters. The van der Waals surface area contributed by atoms with Gasteiger partial charge in [0.15, 0.2) is 27.6 Å². The lowest BCUT2D eigenvalue weighted by atomic mass is 10.1. The van der Waals surface area contributed by atoms with Gasteiger partial charge in [0.2, 0.25) is 6.79 Å². The maximum atomic E-state index is 12.8. The van der Waals surface area contributed by atoms with Gasteiger partial charge in [0.25, 0.3) is 11.8 Å². The van der Waals surface area contributed by atoms with Gasteiger partial charge in [-0.25, -0.2) is 24.5 Å². The van der Waals surface area contributed by atoms with Gasteiger partial charge in [-0.05, 0) is 89.8 Å². The number of hydrogen-bond acceptors (Lipinski definition) is 12. The molecule has 18 heteroatoms. The van der Waals surface area contributed by atoms with Crippen LogP contribution in [0.5, 0.6) is 11.5 Å². The van der Waals surface area contributed by atoms with Gasteiger partial charge < -0.3 is 25.4 Å². The molecule has 0 aliphatic carbocycles. The SMILES string of the molecule is Cc1cc(C)c(NC(=O)c2sc(NC(=O)Nc3ccc4c(c3)OCO4)nc2C)c(C)c1.Cc1cc(C)c(NC(=O)c2sc(NC(=O)Nc3cnccn3)nc2C)c(C)c1. The van der Waals surface area contributed by atoms with E-state index in [1.54, 1.807) is 32.0 Å². The summed E-state index contributed by atoms with van der Waals surface area (Å²) in [5, 5.41) is 17.1. The van der Waals surface area contributed by atoms with Gasteiger partial charge in [0.1, 0.15) is 9.75 Å². The van der Waals surface area contributed by atoms with E-state index in [1.807, 2.05) is 65.8 Å². The van der Waals surface area contributed by atoms with E-state index < -0.39 is 12.1 Å². The van der Waals surface area contributed by atoms with Gasteiger partial charge in [-0.3, -0.25) is 30.5 Å². The number of urea groups is 2. The van der Waals surface area contributed by atoms with Crippen LogP contribution in [-0.2, 0) is 0 Å². The Balaban J connectivity index is 0.000000199. The molecule has 16 nitrogen and oxygen atoms in total. The Kier molecular flexibility index (Phi) is 12.8. The van der Waals surface area contributed by atoms with E-state index in [0.29, 0.717) is 54.4 Å². The maximum absolute atomic E-state index is 12.8. The van der Waals surface area contributed by atoms with Crippen molar-refractivity contribution in [3.05, 3.63) is 116 Å². The maximum Gasteiger partial charge on any atom is 0.326 e. The van der Waals surface area contributed by atoms with Crippen molar-refractivity contribution in [2.75, 3.05) is 38.7 Å². The zero-order chi connectivity index (χ0) is 42.4. The third-order valence-corrected chi connectivity index (χ3v) is 10.9. The summed E-state index contributed by atoms with van der Waals surface area (Å²) < 4.78 is 10.6. The first-order valence-electron chi connectivity index (χ1n) is 18.2. The van der Waals surface area contributed by atoms with Crippen LogP contribution >= 0.6 is 22.7 Å². The standard InChI is InChI=1S/C22H22N4O4S.C19H20N6O2S/c1-11-7-12(2)18(13(3)8-11)25-20(27)19-14(4)23-22(31-19)26-21(28)24-15-5-6-16-17(9-15)30-10-29-16;1-10-7-11(2)15(12(3)8-10)24-17(26)16-13(4)22-19(28-16)25-18(27)23-14-9-20-5-6-21-14/h5-9H,10H2,1-4H3,(H,25,27)(H2,23,24,26,28);5-9H,1-4H3,(H,24,26)(H2,21,22,23,25,27). The fraction of sp³-hybridized carbons (Fsp3) is 0.220. The second kappa shape index (κ2) is 18.1. The summed E-state index contributed by atoms with van der Waals surface area (Å²) in [4.78, 5) is 67.3. The van der Waals surface area contributed by atoms with Crippen LogP contribution in [0.3, 0.4) is 0 Å². The summed E-state index contributed by atoms with van der Waals surface area (Å²) >= 11 is 2.23. The van der Waals surface area contributed by atoms with Crippen LogP contribution in [0.2, 0.25) is 0 Å². The van der Waals surface area contributed by atoms with E-state index in [-0.39, 0.29) is 18.6 Å². The molecule has 7 rings (SSSR count). The van der Waals surface area contributed by atoms with Crippen molar-refractivity contribution in [3.63, 3.8) is 0 Å². The summed E-state index contributed by atoms with van der Waals surface area (Å²) in [5.74, 6) is 1.01. The summed E-state index contributed by atoms with van der Waals surface area (Å²) in [6, 6.07) is 12.2. The first-order chi connectivity index (χ1) is 28.1. The number of benzene rings is 3. The lowest BCUT2D eigenvalue weighted by Gasteiger charge is -2.12. The molecule has 6 aromatic rings. The first kappa shape index (κ1) is 41.7. The Morgan fingerprint density at radius 3 is 1.56 bits per heavy atom. The van der Waals surface area contributed by atoms with Gasteiger partial charge in [0.05, 0.1) is 17.6 Å². The number of fused-ring (bicyclic) bond motifs is 1. The molecule has 4 heterocycles. The number of aromatic nitrogens is 4. The molecule has 1 aliphatic heterocycles. The van der Waals surface area contributed by atoms with Crippen LogP contribution in [0.4, 0.5) is 42.7 Å². The summed E-state index contributed by atoms with van der Waals surface area (Å²) in [6.45, 7) is 15.5. The fourth-order valence-electron chi connectivity index (χ4n) is 6.26. The minimum absolute atomic E-state index is 0.163. The molecule has 304 valence electrons. The molecule has 0 atom stereocenters. The smallest absolute Gasteiger partial charge is 0.326 e. The second-order valence-electron chi connectivity index (χ2n) is 13.6. The van der Waals surface area contributed by atoms with Crippen LogP contribution < -0.4 is 41.4 Å². The molecular formula is C41H42N10O6S2. The zero-order valence-electron chi connectivity index (χ0n) is 33.5. The van der Waals surface area contributed by atoms with Crippen LogP contribution in [0.25, 0.3) is 0 Å². The molecular weight excluding hydrogens is 793 g/mol. The zero-order valence-corrected chi connectivity index (χ0v) is 35.2. The molecule has 1 aliphatic rings. The lowest BCUT2D eigenvalue weighted by Crippen LogP contribution is -2.20. The summed E-state index contributed by atoms with van der Waals surface area (Å²) in [7, 11) is 0. The highest BCUT2D eigenvalue weighted by molar-refractivity contribution is 7.18. The molecule has 3 aromatic carbocycles. The molecule has 6 N–H and O–H groups in total. The van der Waals surface area contributed by atoms with Crippen LogP contribution in [0, 0.1) is 55.4 Å². The van der Waals surface area contributed by atoms with E-state index in [0.717, 1.165) is 67.4 Å². The van der Waals surface area contributed by atoms with Crippen LogP contribution in [0.15, 0.2) is 61.1 Å². The molecule has 0 saturated carbocycles. The lowest BCUT2D eigenvalue weighted by molar-refractivity contribution is 0.102. The number of hydrogen-bond donors (Lipinski definition) is 6. The number of nitrogens with one attached hydrogen (secondary N) is 6. The van der Waals surface area contributed by atoms with Crippen molar-refractivity contribution < 1.29 is 28.7 Å². The molecule has 3 aromatic heterocycles. The minimum atomic E-state index is -0.508. The molecule has 0 spiro atoms. The van der Waals surface area contributed by atoms with E-state index >= 15 is 0 Å². The van der Waals surface area contributed by atoms with Crippen LogP contribution in [0.1, 0.15) is 64.1 Å². The highest BCUT2D eigenvalue weighted by Gasteiger charge is 2.21. The van der Waals surface area contributed by atoms with Gasteiger partial charge in [-0.2, -0.15) is 0 Å². The molecule has 6 amide bonds. The number of aryl methyl sites for hydroxylation is 8. The monoisotopic (exact) mass is 834 g/mol. The average Bonchev–Trinajstić information content (AvgIpc) is 3.89. The molecule has 0 bridgehead atoms. The highest BCUT2D eigenvalue weighted by atomic mass is 32.1. The van der Waals surface area contributed by atoms with E-state index in [9.17, 15) is 19.2 Å². The Labute approximate surface area is 348 Å². The van der Waals surface area contributed by atoms with Gasteiger partial charge in [-0.1, -0.05) is 58.1 Å². The normalized spacial score (nSPS) is 11.2. The fourth-order valence-corrected chi connectivity index (χ4v) is 7.97. The Bertz CT molecular complexity index is 2530. The second-order valence-corrected chi connectivity index (χ2v) is 15.6. The summed E-state index contributed by atoms with van der Waals surface area (Å²) in [5.41, 5.74) is 9.48. The van der Waals surface area contributed by atoms with Crippen molar-refractivity contribution in [1.29, 1.82) is 0 Å². The number of nitrogens with zero attached hydrogens (tertiary/aromatic N) is 4. The van der Waals surface area contributed by atoms with Gasteiger partial charge in [-0.15, -0.1) is 0 Å². The number of carbonyl (C=O) groups excluding carboxylic acids is 4. The average molecular weight is 835 g/mol. The van der Waals surface area contributed by atoms with E-state index in [1.165, 1.54) is 18.6 Å². The number of ether oxygens (including phenoxy) is 2. The third-order valence-electron chi connectivity index (χ3n) is 8.71. The molecule has 0 radical (unpaired) electrons. The van der Waals surface area contributed by atoms with Gasteiger partial charge >= 0.3 is 12.1 Å². The van der Waals surface area contributed by atoms with Crippen molar-refractivity contribution in [3.8, 4) is 11.5 Å². The number of amides is 6. The first-order valence-corrected chi connectivity index (χ1v) is 19.8. The minimum Gasteiger partial charge on any atom is -0.454 e. The summed E-state index contributed by atoms with van der Waals surface area (Å²) in [6.07, 6.45) is 4.41. The van der Waals surface area contributed by atoms with Crippen molar-refractivity contribution in [1.82, 2.24) is 19.9 Å². The van der Waals surface area contributed by atoms with Crippen molar-refractivity contribution in [2.24, 2.45) is 0 Å². The molecule has 59 heavy (non-hydrogen) atoms. The number of anilines is 6. The van der Waals surface area contributed by atoms with Gasteiger partial charge in [0, 0.05) is 35.5 Å². The number of rotatable bonds is 8. The predicted molar refractivity (Wildman–Crippen MR) is 231 cm³/mol. The van der Waals surface area contributed by atoms with Crippen molar-refractivity contribution in [2.45, 2.75) is 55.4 Å². The van der Waals surface area contributed by atoms with Crippen LogP contribution in [-0.4, -0.2) is 50.6 Å². The topological polar surface area (TPSA) is 210 Å². The third kappa shape index (κ3) is 10.5. The molecule has 0 saturated heterocycles. The Morgan fingerprint density at radius 2 is 1.07 bits per heavy atom. The van der Waals surface area contributed by atoms with E-state index in [2.05, 4.69) is 51.8 Å². The highest BCUT2D eigenvalue weighted by Crippen LogP contribution is 2.34. The quantitative estimate of drug-likeness (QED) is 0.0856. The Hall–Kier alpha value is -6.92. The predicted octanol–water partition coefficient (Wildman–Crippen LogP) is 9.06. The largest absolute Gasteiger partial charge is 0.454 e. The Morgan fingerprint density at radius 1 is 0.576 bits per heavy atom.